The summed E-state index contributed by atoms with van der Waals surface area (Å²) in [6.07, 6.45) is 2.15. The van der Waals surface area contributed by atoms with Crippen molar-refractivity contribution in [1.29, 1.82) is 0 Å². The van der Waals surface area contributed by atoms with Crippen LogP contribution in [0, 0.1) is 5.92 Å². The van der Waals surface area contributed by atoms with Crippen LogP contribution in [0.15, 0.2) is 36.4 Å². The Morgan fingerprint density at radius 3 is 2.33 bits per heavy atom. The summed E-state index contributed by atoms with van der Waals surface area (Å²) < 4.78 is 10.5. The summed E-state index contributed by atoms with van der Waals surface area (Å²) in [5.74, 6) is -2.39. The maximum absolute atomic E-state index is 13.7. The number of nitrogens with one attached hydrogen (secondary N) is 1. The number of methoxy groups -OCH3 is 1. The van der Waals surface area contributed by atoms with E-state index in [2.05, 4.69) is 0 Å². The molecule has 2 fully saturated rings. The first-order valence-corrected chi connectivity index (χ1v) is 12.2. The van der Waals surface area contributed by atoms with Crippen LogP contribution in [0.25, 0.3) is 5.57 Å². The van der Waals surface area contributed by atoms with Gasteiger partial charge >= 0.3 is 12.2 Å². The molecule has 3 aliphatic rings. The highest BCUT2D eigenvalue weighted by molar-refractivity contribution is 5.93. The number of amides is 4. The predicted octanol–water partition coefficient (Wildman–Crippen LogP) is 1.87. The molecule has 4 amide bonds. The van der Waals surface area contributed by atoms with Crippen molar-refractivity contribution in [1.82, 2.24) is 20.2 Å². The summed E-state index contributed by atoms with van der Waals surface area (Å²) in [7, 11) is 1.18. The highest BCUT2D eigenvalue weighted by atomic mass is 16.6. The monoisotopic (exact) mass is 500 g/mol. The minimum Gasteiger partial charge on any atom is -0.453 e. The summed E-state index contributed by atoms with van der Waals surface area (Å²) >= 11 is 0. The Morgan fingerprint density at radius 2 is 1.72 bits per heavy atom. The maximum atomic E-state index is 13.7. The molecule has 11 heteroatoms. The maximum Gasteiger partial charge on any atom is 0.410 e. The number of nitrogens with zero attached hydrogens (tertiary/aromatic N) is 3. The van der Waals surface area contributed by atoms with Gasteiger partial charge in [0.25, 0.3) is 0 Å². The van der Waals surface area contributed by atoms with E-state index in [-0.39, 0.29) is 13.0 Å². The molecule has 194 valence electrons. The van der Waals surface area contributed by atoms with Crippen molar-refractivity contribution in [3.63, 3.8) is 0 Å². The van der Waals surface area contributed by atoms with Crippen LogP contribution in [0.4, 0.5) is 9.59 Å². The average molecular weight is 501 g/mol. The second-order valence-corrected chi connectivity index (χ2v) is 9.22. The number of ether oxygens (including phenoxy) is 2. The first kappa shape index (κ1) is 25.5. The SMILES string of the molecule is COC(=O)N1CC(OC(=O)N2CCCC2)C[C@H](C(=O)NO)[C@H]1C(=O)N1CC=C(c2ccccc2)CC1. The Kier molecular flexibility index (Phi) is 8.09. The summed E-state index contributed by atoms with van der Waals surface area (Å²) in [4.78, 5) is 55.9. The standard InChI is InChI=1S/C25H32N4O7/c1-35-25(33)29-16-19(36-24(32)28-11-5-6-12-28)15-20(22(30)26-34)21(29)23(31)27-13-9-18(10-14-27)17-7-3-2-4-8-17/h2-4,7-9,19-21,34H,5-6,10-16H2,1H3,(H,26,30)/t19?,20-,21-/m0/s1. The lowest BCUT2D eigenvalue weighted by molar-refractivity contribution is -0.151. The molecular formula is C25H32N4O7. The zero-order valence-electron chi connectivity index (χ0n) is 20.3. The molecule has 0 bridgehead atoms. The molecule has 0 radical (unpaired) electrons. The van der Waals surface area contributed by atoms with Crippen molar-refractivity contribution in [2.75, 3.05) is 39.8 Å². The van der Waals surface area contributed by atoms with Gasteiger partial charge in [0.15, 0.2) is 0 Å². The number of rotatable bonds is 4. The van der Waals surface area contributed by atoms with Crippen molar-refractivity contribution < 1.29 is 33.9 Å². The molecule has 3 atom stereocenters. The second kappa shape index (κ2) is 11.4. The van der Waals surface area contributed by atoms with Gasteiger partial charge in [0.1, 0.15) is 12.1 Å². The number of piperidine rings is 1. The number of carbonyl (C=O) groups excluding carboxylic acids is 4. The Hall–Kier alpha value is -3.60. The molecule has 2 saturated heterocycles. The van der Waals surface area contributed by atoms with Gasteiger partial charge in [0, 0.05) is 32.6 Å². The van der Waals surface area contributed by atoms with E-state index in [0.29, 0.717) is 32.6 Å². The first-order chi connectivity index (χ1) is 17.4. The van der Waals surface area contributed by atoms with E-state index >= 15 is 0 Å². The van der Waals surface area contributed by atoms with Crippen LogP contribution in [0.1, 0.15) is 31.2 Å². The smallest absolute Gasteiger partial charge is 0.410 e. The van der Waals surface area contributed by atoms with Gasteiger partial charge in [-0.25, -0.2) is 15.1 Å². The highest BCUT2D eigenvalue weighted by Gasteiger charge is 2.49. The number of hydrogen-bond acceptors (Lipinski definition) is 7. The molecule has 0 aromatic heterocycles. The predicted molar refractivity (Wildman–Crippen MR) is 128 cm³/mol. The molecule has 3 heterocycles. The zero-order chi connectivity index (χ0) is 25.7. The van der Waals surface area contributed by atoms with E-state index in [0.717, 1.165) is 28.9 Å². The third-order valence-electron chi connectivity index (χ3n) is 7.04. The number of likely N-dealkylation sites (tertiary alicyclic amines) is 2. The third-order valence-corrected chi connectivity index (χ3v) is 7.04. The van der Waals surface area contributed by atoms with E-state index in [1.54, 1.807) is 15.3 Å². The van der Waals surface area contributed by atoms with Gasteiger partial charge < -0.3 is 19.3 Å². The lowest BCUT2D eigenvalue weighted by Gasteiger charge is -2.43. The molecule has 3 aliphatic heterocycles. The molecule has 1 aromatic carbocycles. The molecule has 2 N–H and O–H groups in total. The van der Waals surface area contributed by atoms with Crippen LogP contribution in [-0.4, -0.2) is 95.9 Å². The molecule has 0 spiro atoms. The van der Waals surface area contributed by atoms with Crippen molar-refractivity contribution in [2.45, 2.75) is 37.8 Å². The Morgan fingerprint density at radius 1 is 1.00 bits per heavy atom. The minimum atomic E-state index is -1.21. The fourth-order valence-corrected chi connectivity index (χ4v) is 5.15. The van der Waals surface area contributed by atoms with Crippen LogP contribution in [0.5, 0.6) is 0 Å². The van der Waals surface area contributed by atoms with Crippen molar-refractivity contribution in [3.05, 3.63) is 42.0 Å². The van der Waals surface area contributed by atoms with Crippen molar-refractivity contribution in [2.24, 2.45) is 5.92 Å². The zero-order valence-corrected chi connectivity index (χ0v) is 20.3. The summed E-state index contributed by atoms with van der Waals surface area (Å²) in [5.41, 5.74) is 3.81. The van der Waals surface area contributed by atoms with Gasteiger partial charge in [0.05, 0.1) is 19.6 Å². The van der Waals surface area contributed by atoms with Crippen LogP contribution >= 0.6 is 0 Å². The molecule has 36 heavy (non-hydrogen) atoms. The van der Waals surface area contributed by atoms with Gasteiger partial charge in [-0.05, 0) is 30.4 Å². The number of hydrogen-bond donors (Lipinski definition) is 2. The van der Waals surface area contributed by atoms with Crippen molar-refractivity contribution in [3.8, 4) is 0 Å². The number of benzene rings is 1. The van der Waals surface area contributed by atoms with Crippen molar-refractivity contribution >= 4 is 29.6 Å². The Labute approximate surface area is 209 Å². The lowest BCUT2D eigenvalue weighted by Crippen LogP contribution is -2.63. The molecule has 11 nitrogen and oxygen atoms in total. The lowest BCUT2D eigenvalue weighted by atomic mass is 9.85. The van der Waals surface area contributed by atoms with Gasteiger partial charge in [-0.2, -0.15) is 0 Å². The van der Waals surface area contributed by atoms with Crippen LogP contribution in [0.3, 0.4) is 0 Å². The first-order valence-electron chi connectivity index (χ1n) is 12.2. The summed E-state index contributed by atoms with van der Waals surface area (Å²) in [6.45, 7) is 1.79. The fraction of sp³-hybridized carbons (Fsp3) is 0.520. The highest BCUT2D eigenvalue weighted by Crippen LogP contribution is 2.30. The average Bonchev–Trinajstić information content (AvgIpc) is 3.47. The topological polar surface area (TPSA) is 129 Å². The van der Waals surface area contributed by atoms with E-state index in [4.69, 9.17) is 9.47 Å². The summed E-state index contributed by atoms with van der Waals surface area (Å²) in [6, 6.07) is 8.65. The van der Waals surface area contributed by atoms with Gasteiger partial charge in [-0.3, -0.25) is 19.7 Å². The minimum absolute atomic E-state index is 0.0190. The number of hydroxylamine groups is 1. The van der Waals surface area contributed by atoms with E-state index in [1.165, 1.54) is 7.11 Å². The molecule has 0 saturated carbocycles. The van der Waals surface area contributed by atoms with E-state index in [9.17, 15) is 24.4 Å². The number of carbonyl (C=O) groups is 4. The molecular weight excluding hydrogens is 468 g/mol. The Balaban J connectivity index is 1.53. The quantitative estimate of drug-likeness (QED) is 0.477. The molecule has 1 aromatic rings. The second-order valence-electron chi connectivity index (χ2n) is 9.22. The molecule has 1 unspecified atom stereocenters. The van der Waals surface area contributed by atoms with Gasteiger partial charge in [-0.1, -0.05) is 36.4 Å². The fourth-order valence-electron chi connectivity index (χ4n) is 5.15. The van der Waals surface area contributed by atoms with E-state index < -0.39 is 42.1 Å². The molecule has 0 aliphatic carbocycles. The Bertz CT molecular complexity index is 983. The molecule has 4 rings (SSSR count). The van der Waals surface area contributed by atoms with Gasteiger partial charge in [-0.15, -0.1) is 0 Å². The third kappa shape index (κ3) is 5.46. The largest absolute Gasteiger partial charge is 0.453 e. The van der Waals surface area contributed by atoms with Crippen LogP contribution in [-0.2, 0) is 19.1 Å². The summed E-state index contributed by atoms with van der Waals surface area (Å²) in [5, 5.41) is 9.40. The van der Waals surface area contributed by atoms with Gasteiger partial charge in [0.2, 0.25) is 11.8 Å². The van der Waals surface area contributed by atoms with E-state index in [1.807, 2.05) is 36.4 Å². The normalized spacial score (nSPS) is 24.1. The van der Waals surface area contributed by atoms with Crippen LogP contribution in [0.2, 0.25) is 0 Å². The van der Waals surface area contributed by atoms with Crippen LogP contribution < -0.4 is 5.48 Å².